The average molecular weight is 407 g/mol. The number of hydrogen-bond acceptors (Lipinski definition) is 5. The van der Waals surface area contributed by atoms with Crippen LogP contribution in [0.5, 0.6) is 5.75 Å². The first-order chi connectivity index (χ1) is 14.7. The van der Waals surface area contributed by atoms with E-state index in [0.29, 0.717) is 18.8 Å². The highest BCUT2D eigenvalue weighted by molar-refractivity contribution is 5.79. The van der Waals surface area contributed by atoms with Gasteiger partial charge in [-0.2, -0.15) is 5.10 Å². The van der Waals surface area contributed by atoms with E-state index >= 15 is 0 Å². The van der Waals surface area contributed by atoms with Gasteiger partial charge in [0.05, 0.1) is 24.8 Å². The largest absolute Gasteiger partial charge is 0.494 e. The molecular formula is C23H25N3O4. The van der Waals surface area contributed by atoms with Crippen molar-refractivity contribution in [2.75, 3.05) is 20.3 Å². The summed E-state index contributed by atoms with van der Waals surface area (Å²) >= 11 is 0. The second-order valence-corrected chi connectivity index (χ2v) is 7.20. The van der Waals surface area contributed by atoms with Gasteiger partial charge >= 0.3 is 0 Å². The highest BCUT2D eigenvalue weighted by Gasteiger charge is 2.37. The van der Waals surface area contributed by atoms with Crippen LogP contribution in [0.15, 0.2) is 66.9 Å². The normalized spacial score (nSPS) is 19.4. The second-order valence-electron chi connectivity index (χ2n) is 7.20. The maximum absolute atomic E-state index is 12.9. The van der Waals surface area contributed by atoms with Crippen LogP contribution in [0.4, 0.5) is 0 Å². The first-order valence-electron chi connectivity index (χ1n) is 9.98. The number of nitrogens with one attached hydrogen (secondary N) is 1. The molecule has 2 heterocycles. The van der Waals surface area contributed by atoms with E-state index in [0.717, 1.165) is 16.9 Å². The fraction of sp³-hybridized carbons (Fsp3) is 0.304. The molecule has 0 aliphatic carbocycles. The first kappa shape index (κ1) is 20.1. The van der Waals surface area contributed by atoms with E-state index in [1.54, 1.807) is 18.0 Å². The van der Waals surface area contributed by atoms with Crippen molar-refractivity contribution in [2.24, 2.45) is 5.92 Å². The van der Waals surface area contributed by atoms with Gasteiger partial charge in [-0.3, -0.25) is 4.79 Å². The van der Waals surface area contributed by atoms with Gasteiger partial charge in [0.25, 0.3) is 0 Å². The number of para-hydroxylation sites is 2. The van der Waals surface area contributed by atoms with E-state index in [2.05, 4.69) is 10.4 Å². The molecule has 0 bridgehead atoms. The molecule has 0 saturated carbocycles. The van der Waals surface area contributed by atoms with Gasteiger partial charge in [0, 0.05) is 19.3 Å². The lowest BCUT2D eigenvalue weighted by Crippen LogP contribution is -2.35. The quantitative estimate of drug-likeness (QED) is 0.629. The molecule has 1 saturated heterocycles. The molecule has 1 amide bonds. The zero-order valence-electron chi connectivity index (χ0n) is 16.8. The van der Waals surface area contributed by atoms with Crippen LogP contribution < -0.4 is 10.1 Å². The van der Waals surface area contributed by atoms with Crippen molar-refractivity contribution in [1.82, 2.24) is 15.1 Å². The molecule has 0 radical (unpaired) electrons. The van der Waals surface area contributed by atoms with Gasteiger partial charge in [0.2, 0.25) is 5.91 Å². The summed E-state index contributed by atoms with van der Waals surface area (Å²) in [5, 5.41) is 17.6. The van der Waals surface area contributed by atoms with Crippen LogP contribution in [0.1, 0.15) is 29.9 Å². The lowest BCUT2D eigenvalue weighted by Gasteiger charge is -2.21. The molecule has 2 aromatic carbocycles. The summed E-state index contributed by atoms with van der Waals surface area (Å²) in [6, 6.07) is 18.7. The minimum atomic E-state index is -0.755. The van der Waals surface area contributed by atoms with Crippen molar-refractivity contribution in [3.05, 3.63) is 78.1 Å². The molecule has 3 aromatic rings. The summed E-state index contributed by atoms with van der Waals surface area (Å²) in [5.41, 5.74) is 2.35. The van der Waals surface area contributed by atoms with Crippen LogP contribution in [0, 0.1) is 5.92 Å². The van der Waals surface area contributed by atoms with Gasteiger partial charge in [0.15, 0.2) is 0 Å². The standard InChI is InChI=1S/C23H25N3O4/c1-29-21-10-6-5-9-18(21)26-19(11-13-25-26)22-17(12-14-30-22)23(28)24-15-20(27)16-7-3-2-4-8-16/h2-11,13,17,20,22,27H,12,14-15H2,1H3,(H,24,28)/t17-,20?,22-/m0/s1. The minimum Gasteiger partial charge on any atom is -0.494 e. The Kier molecular flexibility index (Phi) is 6.11. The number of benzene rings is 2. The van der Waals surface area contributed by atoms with Crippen molar-refractivity contribution in [3.63, 3.8) is 0 Å². The Balaban J connectivity index is 1.49. The van der Waals surface area contributed by atoms with E-state index in [9.17, 15) is 9.90 Å². The van der Waals surface area contributed by atoms with Gasteiger partial charge in [0.1, 0.15) is 17.5 Å². The third kappa shape index (κ3) is 4.08. The third-order valence-corrected chi connectivity index (χ3v) is 5.36. The molecule has 2 N–H and O–H groups in total. The van der Waals surface area contributed by atoms with E-state index in [1.807, 2.05) is 60.7 Å². The number of aromatic nitrogens is 2. The number of nitrogens with zero attached hydrogens (tertiary/aromatic N) is 2. The smallest absolute Gasteiger partial charge is 0.226 e. The molecule has 1 aromatic heterocycles. The number of aliphatic hydroxyl groups excluding tert-OH is 1. The number of amides is 1. The van der Waals surface area contributed by atoms with Crippen molar-refractivity contribution >= 4 is 5.91 Å². The average Bonchev–Trinajstić information content (AvgIpc) is 3.47. The van der Waals surface area contributed by atoms with Crippen molar-refractivity contribution < 1.29 is 19.4 Å². The van der Waals surface area contributed by atoms with Crippen LogP contribution in [0.25, 0.3) is 5.69 Å². The molecule has 0 spiro atoms. The van der Waals surface area contributed by atoms with Crippen molar-refractivity contribution in [2.45, 2.75) is 18.6 Å². The van der Waals surface area contributed by atoms with E-state index in [1.165, 1.54) is 0 Å². The predicted molar refractivity (Wildman–Crippen MR) is 111 cm³/mol. The molecule has 1 fully saturated rings. The van der Waals surface area contributed by atoms with Gasteiger partial charge in [-0.25, -0.2) is 4.68 Å². The molecule has 4 rings (SSSR count). The molecule has 7 nitrogen and oxygen atoms in total. The Morgan fingerprint density at radius 2 is 2.00 bits per heavy atom. The number of aliphatic hydroxyl groups is 1. The second kappa shape index (κ2) is 9.11. The fourth-order valence-electron chi connectivity index (χ4n) is 3.81. The molecular weight excluding hydrogens is 382 g/mol. The number of hydrogen-bond donors (Lipinski definition) is 2. The van der Waals surface area contributed by atoms with Gasteiger partial charge in [-0.15, -0.1) is 0 Å². The Morgan fingerprint density at radius 3 is 2.80 bits per heavy atom. The molecule has 156 valence electrons. The van der Waals surface area contributed by atoms with Gasteiger partial charge in [-0.05, 0) is 30.2 Å². The molecule has 1 unspecified atom stereocenters. The number of carbonyl (C=O) groups excluding carboxylic acids is 1. The highest BCUT2D eigenvalue weighted by atomic mass is 16.5. The summed E-state index contributed by atoms with van der Waals surface area (Å²) in [7, 11) is 1.61. The lowest BCUT2D eigenvalue weighted by atomic mass is 9.97. The fourth-order valence-corrected chi connectivity index (χ4v) is 3.81. The summed E-state index contributed by atoms with van der Waals surface area (Å²) in [6.07, 6.45) is 1.12. The summed E-state index contributed by atoms with van der Waals surface area (Å²) < 4.78 is 13.2. The van der Waals surface area contributed by atoms with Gasteiger partial charge < -0.3 is 19.9 Å². The van der Waals surface area contributed by atoms with Crippen LogP contribution in [-0.4, -0.2) is 41.1 Å². The Bertz CT molecular complexity index is 989. The number of carbonyl (C=O) groups is 1. The zero-order valence-corrected chi connectivity index (χ0v) is 16.8. The van der Waals surface area contributed by atoms with Crippen LogP contribution >= 0.6 is 0 Å². The number of methoxy groups -OCH3 is 1. The Labute approximate surface area is 175 Å². The molecule has 30 heavy (non-hydrogen) atoms. The number of rotatable bonds is 7. The first-order valence-corrected chi connectivity index (χ1v) is 9.98. The van der Waals surface area contributed by atoms with Crippen LogP contribution in [0.3, 0.4) is 0 Å². The summed E-state index contributed by atoms with van der Waals surface area (Å²) in [5.74, 6) is 0.186. The number of ether oxygens (including phenoxy) is 2. The van der Waals surface area contributed by atoms with Crippen LogP contribution in [0.2, 0.25) is 0 Å². The van der Waals surface area contributed by atoms with E-state index in [-0.39, 0.29) is 18.4 Å². The highest BCUT2D eigenvalue weighted by Crippen LogP contribution is 2.36. The molecule has 1 aliphatic rings. The summed E-state index contributed by atoms with van der Waals surface area (Å²) in [4.78, 5) is 12.9. The lowest BCUT2D eigenvalue weighted by molar-refractivity contribution is -0.127. The predicted octanol–water partition coefficient (Wildman–Crippen LogP) is 2.81. The van der Waals surface area contributed by atoms with Crippen LogP contribution in [-0.2, 0) is 9.53 Å². The van der Waals surface area contributed by atoms with Crippen molar-refractivity contribution in [3.8, 4) is 11.4 Å². The SMILES string of the molecule is COc1ccccc1-n1nccc1[C@H]1OCC[C@@H]1C(=O)NCC(O)c1ccccc1. The monoisotopic (exact) mass is 407 g/mol. The van der Waals surface area contributed by atoms with E-state index < -0.39 is 12.2 Å². The topological polar surface area (TPSA) is 85.6 Å². The van der Waals surface area contributed by atoms with Crippen molar-refractivity contribution in [1.29, 1.82) is 0 Å². The molecule has 1 aliphatic heterocycles. The van der Waals surface area contributed by atoms with E-state index in [4.69, 9.17) is 9.47 Å². The zero-order chi connectivity index (χ0) is 20.9. The molecule has 3 atom stereocenters. The Hall–Kier alpha value is -3.16. The Morgan fingerprint density at radius 1 is 1.23 bits per heavy atom. The molecule has 7 heteroatoms. The minimum absolute atomic E-state index is 0.139. The third-order valence-electron chi connectivity index (χ3n) is 5.36. The maximum atomic E-state index is 12.9. The maximum Gasteiger partial charge on any atom is 0.226 e. The van der Waals surface area contributed by atoms with Gasteiger partial charge in [-0.1, -0.05) is 42.5 Å². The summed E-state index contributed by atoms with van der Waals surface area (Å²) in [6.45, 7) is 0.638.